The van der Waals surface area contributed by atoms with Crippen LogP contribution in [0, 0.1) is 30.4 Å². The molecule has 1 heterocycles. The molecule has 0 amide bonds. The Balaban J connectivity index is 1.88. The van der Waals surface area contributed by atoms with E-state index in [-0.39, 0.29) is 23.6 Å². The van der Waals surface area contributed by atoms with Crippen LogP contribution in [0.25, 0.3) is 0 Å². The molecule has 0 aliphatic carbocycles. The van der Waals surface area contributed by atoms with Crippen molar-refractivity contribution >= 4 is 11.6 Å². The zero-order valence-electron chi connectivity index (χ0n) is 22.6. The predicted molar refractivity (Wildman–Crippen MR) is 144 cm³/mol. The van der Waals surface area contributed by atoms with Crippen LogP contribution in [-0.4, -0.2) is 64.0 Å². The third kappa shape index (κ3) is 5.87. The Kier molecular flexibility index (Phi) is 9.09. The average molecular weight is 538 g/mol. The second kappa shape index (κ2) is 12.5. The summed E-state index contributed by atoms with van der Waals surface area (Å²) in [6.07, 6.45) is 0. The van der Waals surface area contributed by atoms with E-state index >= 15 is 4.39 Å². The third-order valence-electron chi connectivity index (χ3n) is 7.53. The van der Waals surface area contributed by atoms with Crippen LogP contribution in [0.2, 0.25) is 0 Å². The highest BCUT2D eigenvalue weighted by Crippen LogP contribution is 2.43. The fraction of sp³-hybridized carbons (Fsp3) is 0.355. The van der Waals surface area contributed by atoms with E-state index < -0.39 is 35.2 Å². The van der Waals surface area contributed by atoms with Crippen LogP contribution in [0.4, 0.5) is 8.78 Å². The SMILES string of the molecule is COCCN1C[C@H](C(=O)c2cccc(OC)c2)[C@@H](c2cccc(F)c2C)[C@H](C(=O)c2cccc(OC)c2F)C1. The summed E-state index contributed by atoms with van der Waals surface area (Å²) in [4.78, 5) is 30.2. The Bertz CT molecular complexity index is 1340. The van der Waals surface area contributed by atoms with Gasteiger partial charge >= 0.3 is 0 Å². The molecular weight excluding hydrogens is 504 g/mol. The Labute approximate surface area is 227 Å². The summed E-state index contributed by atoms with van der Waals surface area (Å²) in [6, 6.07) is 15.9. The van der Waals surface area contributed by atoms with Crippen LogP contribution in [0.15, 0.2) is 60.7 Å². The molecule has 6 nitrogen and oxygen atoms in total. The molecule has 1 aliphatic rings. The topological polar surface area (TPSA) is 65.1 Å². The first-order valence-electron chi connectivity index (χ1n) is 12.8. The van der Waals surface area contributed by atoms with Crippen molar-refractivity contribution in [2.75, 3.05) is 47.6 Å². The minimum Gasteiger partial charge on any atom is -0.497 e. The summed E-state index contributed by atoms with van der Waals surface area (Å²) >= 11 is 0. The minimum absolute atomic E-state index is 0.0459. The lowest BCUT2D eigenvalue weighted by Gasteiger charge is -2.43. The molecule has 3 atom stereocenters. The van der Waals surface area contributed by atoms with Gasteiger partial charge in [0, 0.05) is 50.1 Å². The summed E-state index contributed by atoms with van der Waals surface area (Å²) in [5.41, 5.74) is 1.22. The number of likely N-dealkylation sites (tertiary alicyclic amines) is 1. The largest absolute Gasteiger partial charge is 0.497 e. The highest BCUT2D eigenvalue weighted by atomic mass is 19.1. The van der Waals surface area contributed by atoms with Crippen LogP contribution in [0.5, 0.6) is 11.5 Å². The van der Waals surface area contributed by atoms with Crippen LogP contribution < -0.4 is 9.47 Å². The van der Waals surface area contributed by atoms with Crippen LogP contribution >= 0.6 is 0 Å². The summed E-state index contributed by atoms with van der Waals surface area (Å²) < 4.78 is 45.9. The van der Waals surface area contributed by atoms with Gasteiger partial charge in [0.05, 0.1) is 26.4 Å². The van der Waals surface area contributed by atoms with Gasteiger partial charge in [0.15, 0.2) is 23.1 Å². The van der Waals surface area contributed by atoms with Gasteiger partial charge in [-0.05, 0) is 48.4 Å². The maximum absolute atomic E-state index is 15.3. The molecular formula is C31H33F2NO5. The number of hydrogen-bond donors (Lipinski definition) is 0. The number of benzene rings is 3. The molecule has 206 valence electrons. The number of halogens is 2. The normalized spacial score (nSPS) is 19.5. The van der Waals surface area contributed by atoms with E-state index in [1.54, 1.807) is 56.5 Å². The van der Waals surface area contributed by atoms with Crippen molar-refractivity contribution in [3.8, 4) is 11.5 Å². The first-order valence-corrected chi connectivity index (χ1v) is 12.8. The van der Waals surface area contributed by atoms with Gasteiger partial charge in [-0.15, -0.1) is 0 Å². The number of hydrogen-bond acceptors (Lipinski definition) is 6. The van der Waals surface area contributed by atoms with E-state index in [1.165, 1.54) is 32.4 Å². The van der Waals surface area contributed by atoms with Gasteiger partial charge in [-0.1, -0.05) is 30.3 Å². The predicted octanol–water partition coefficient (Wildman–Crippen LogP) is 5.33. The molecule has 0 radical (unpaired) electrons. The summed E-state index contributed by atoms with van der Waals surface area (Å²) in [7, 11) is 4.43. The number of carbonyl (C=O) groups is 2. The van der Waals surface area contributed by atoms with E-state index in [1.807, 2.05) is 4.90 Å². The highest BCUT2D eigenvalue weighted by molar-refractivity contribution is 6.02. The summed E-state index contributed by atoms with van der Waals surface area (Å²) in [5, 5.41) is 0. The Morgan fingerprint density at radius 2 is 1.59 bits per heavy atom. The van der Waals surface area contributed by atoms with E-state index in [0.29, 0.717) is 42.1 Å². The Morgan fingerprint density at radius 3 is 2.28 bits per heavy atom. The van der Waals surface area contributed by atoms with Crippen molar-refractivity contribution in [1.29, 1.82) is 0 Å². The quantitative estimate of drug-likeness (QED) is 0.326. The maximum Gasteiger partial charge on any atom is 0.175 e. The molecule has 0 N–H and O–H groups in total. The van der Waals surface area contributed by atoms with E-state index in [2.05, 4.69) is 0 Å². The lowest BCUT2D eigenvalue weighted by atomic mass is 9.67. The molecule has 4 rings (SSSR count). The zero-order valence-corrected chi connectivity index (χ0v) is 22.6. The van der Waals surface area contributed by atoms with Crippen molar-refractivity contribution < 1.29 is 32.6 Å². The number of piperidine rings is 1. The van der Waals surface area contributed by atoms with Gasteiger partial charge in [0.25, 0.3) is 0 Å². The van der Waals surface area contributed by atoms with Gasteiger partial charge in [-0.3, -0.25) is 14.5 Å². The summed E-state index contributed by atoms with van der Waals surface area (Å²) in [6.45, 7) is 3.07. The van der Waals surface area contributed by atoms with Gasteiger partial charge in [-0.2, -0.15) is 0 Å². The van der Waals surface area contributed by atoms with Crippen molar-refractivity contribution in [2.45, 2.75) is 12.8 Å². The Morgan fingerprint density at radius 1 is 0.897 bits per heavy atom. The van der Waals surface area contributed by atoms with Crippen LogP contribution in [0.1, 0.15) is 37.8 Å². The molecule has 3 aromatic rings. The molecule has 1 fully saturated rings. The number of Topliss-reactive ketones (excluding diaryl/α,β-unsaturated/α-hetero) is 2. The fourth-order valence-electron chi connectivity index (χ4n) is 5.50. The molecule has 3 aromatic carbocycles. The second-order valence-electron chi connectivity index (χ2n) is 9.73. The third-order valence-corrected chi connectivity index (χ3v) is 7.53. The van der Waals surface area contributed by atoms with Crippen molar-refractivity contribution in [2.24, 2.45) is 11.8 Å². The highest BCUT2D eigenvalue weighted by Gasteiger charge is 2.46. The monoisotopic (exact) mass is 537 g/mol. The number of nitrogens with zero attached hydrogens (tertiary/aromatic N) is 1. The lowest BCUT2D eigenvalue weighted by Crippen LogP contribution is -2.51. The number of carbonyl (C=O) groups excluding carboxylic acids is 2. The number of rotatable bonds is 10. The van der Waals surface area contributed by atoms with E-state index in [0.717, 1.165) is 0 Å². The van der Waals surface area contributed by atoms with Crippen molar-refractivity contribution in [1.82, 2.24) is 4.90 Å². The van der Waals surface area contributed by atoms with E-state index in [4.69, 9.17) is 14.2 Å². The number of ketones is 2. The molecule has 1 saturated heterocycles. The first kappa shape index (κ1) is 28.4. The smallest absolute Gasteiger partial charge is 0.175 e. The maximum atomic E-state index is 15.3. The molecule has 0 bridgehead atoms. The summed E-state index contributed by atoms with van der Waals surface area (Å²) in [5.74, 6) is -3.63. The zero-order chi connectivity index (χ0) is 28.1. The first-order chi connectivity index (χ1) is 18.8. The van der Waals surface area contributed by atoms with Crippen molar-refractivity contribution in [3.63, 3.8) is 0 Å². The molecule has 0 spiro atoms. The standard InChI is InChI=1S/C31H33F2NO5/c1-19-22(10-6-12-26(19)32)28-24(30(35)20-8-5-9-21(16-20)38-3)17-34(14-15-37-2)18-25(28)31(36)23-11-7-13-27(39-4)29(23)33/h5-13,16,24-25,28H,14-15,17-18H2,1-4H3/t24-,25+,28+/m0/s1. The molecule has 0 unspecified atom stereocenters. The van der Waals surface area contributed by atoms with Gasteiger partial charge < -0.3 is 14.2 Å². The molecule has 0 saturated carbocycles. The fourth-order valence-corrected chi connectivity index (χ4v) is 5.50. The molecule has 0 aromatic heterocycles. The van der Waals surface area contributed by atoms with Crippen LogP contribution in [-0.2, 0) is 4.74 Å². The average Bonchev–Trinajstić information content (AvgIpc) is 2.96. The molecule has 8 heteroatoms. The molecule has 1 aliphatic heterocycles. The minimum atomic E-state index is -0.836. The van der Waals surface area contributed by atoms with Gasteiger partial charge in [0.2, 0.25) is 0 Å². The van der Waals surface area contributed by atoms with Gasteiger partial charge in [0.1, 0.15) is 11.6 Å². The van der Waals surface area contributed by atoms with Crippen LogP contribution in [0.3, 0.4) is 0 Å². The molecule has 39 heavy (non-hydrogen) atoms. The lowest BCUT2D eigenvalue weighted by molar-refractivity contribution is 0.0495. The van der Waals surface area contributed by atoms with Gasteiger partial charge in [-0.25, -0.2) is 8.78 Å². The number of methoxy groups -OCH3 is 3. The van der Waals surface area contributed by atoms with E-state index in [9.17, 15) is 14.0 Å². The Hall–Kier alpha value is -3.62. The number of ether oxygens (including phenoxy) is 3. The second-order valence-corrected chi connectivity index (χ2v) is 9.73. The van der Waals surface area contributed by atoms with Crippen molar-refractivity contribution in [3.05, 3.63) is 94.6 Å².